The SMILES string of the molecule is CC(C)(C)n1ccc(F)c(N)c1=O. The average Bonchev–Trinajstić information content (AvgIpc) is 1.98. The van der Waals surface area contributed by atoms with Crippen LogP contribution in [0.15, 0.2) is 17.1 Å². The first-order chi connectivity index (χ1) is 5.84. The van der Waals surface area contributed by atoms with E-state index < -0.39 is 11.4 Å². The molecule has 0 aliphatic heterocycles. The second-order valence-corrected chi connectivity index (χ2v) is 3.92. The Labute approximate surface area is 76.0 Å². The van der Waals surface area contributed by atoms with Crippen LogP contribution in [0.4, 0.5) is 10.1 Å². The van der Waals surface area contributed by atoms with Crippen LogP contribution in [-0.2, 0) is 5.54 Å². The molecule has 0 fully saturated rings. The fourth-order valence-corrected chi connectivity index (χ4v) is 1.06. The lowest BCUT2D eigenvalue weighted by Crippen LogP contribution is -2.34. The molecule has 0 aliphatic rings. The average molecular weight is 184 g/mol. The van der Waals surface area contributed by atoms with Gasteiger partial charge in [-0.25, -0.2) is 4.39 Å². The molecule has 3 nitrogen and oxygen atoms in total. The summed E-state index contributed by atoms with van der Waals surface area (Å²) in [6.07, 6.45) is 1.41. The molecule has 4 heteroatoms. The number of anilines is 1. The van der Waals surface area contributed by atoms with Crippen molar-refractivity contribution >= 4 is 5.69 Å². The summed E-state index contributed by atoms with van der Waals surface area (Å²) in [7, 11) is 0. The Bertz CT molecular complexity index is 376. The van der Waals surface area contributed by atoms with Gasteiger partial charge < -0.3 is 10.3 Å². The molecule has 0 aliphatic carbocycles. The van der Waals surface area contributed by atoms with Crippen molar-refractivity contribution < 1.29 is 4.39 Å². The summed E-state index contributed by atoms with van der Waals surface area (Å²) < 4.78 is 14.2. The van der Waals surface area contributed by atoms with E-state index in [4.69, 9.17) is 5.73 Å². The Morgan fingerprint density at radius 1 is 1.46 bits per heavy atom. The molecule has 0 saturated carbocycles. The molecule has 0 amide bonds. The van der Waals surface area contributed by atoms with Crippen LogP contribution in [0.2, 0.25) is 0 Å². The fourth-order valence-electron chi connectivity index (χ4n) is 1.06. The van der Waals surface area contributed by atoms with Gasteiger partial charge in [-0.05, 0) is 26.8 Å². The highest BCUT2D eigenvalue weighted by molar-refractivity contribution is 5.36. The van der Waals surface area contributed by atoms with E-state index in [-0.39, 0.29) is 11.2 Å². The minimum atomic E-state index is -0.662. The van der Waals surface area contributed by atoms with E-state index in [0.29, 0.717) is 0 Å². The zero-order valence-electron chi connectivity index (χ0n) is 7.97. The largest absolute Gasteiger partial charge is 0.392 e. The number of nitrogen functional groups attached to an aromatic ring is 1. The van der Waals surface area contributed by atoms with Gasteiger partial charge in [0.15, 0.2) is 5.82 Å². The van der Waals surface area contributed by atoms with Crippen molar-refractivity contribution in [3.05, 3.63) is 28.4 Å². The third kappa shape index (κ3) is 1.71. The van der Waals surface area contributed by atoms with E-state index in [1.165, 1.54) is 16.8 Å². The molecular formula is C9H13FN2O. The summed E-state index contributed by atoms with van der Waals surface area (Å²) in [5, 5.41) is 0. The number of aromatic nitrogens is 1. The summed E-state index contributed by atoms with van der Waals surface area (Å²) in [6, 6.07) is 1.20. The topological polar surface area (TPSA) is 48.0 Å². The molecular weight excluding hydrogens is 171 g/mol. The predicted octanol–water partition coefficient (Wildman–Crippen LogP) is 1.32. The molecule has 72 valence electrons. The van der Waals surface area contributed by atoms with Gasteiger partial charge in [0.05, 0.1) is 0 Å². The third-order valence-electron chi connectivity index (χ3n) is 1.80. The van der Waals surface area contributed by atoms with Gasteiger partial charge in [-0.15, -0.1) is 0 Å². The van der Waals surface area contributed by atoms with Crippen LogP contribution < -0.4 is 11.3 Å². The molecule has 2 N–H and O–H groups in total. The van der Waals surface area contributed by atoms with Crippen LogP contribution in [0.5, 0.6) is 0 Å². The maximum Gasteiger partial charge on any atom is 0.277 e. The number of nitrogens with two attached hydrogens (primary N) is 1. The van der Waals surface area contributed by atoms with Gasteiger partial charge >= 0.3 is 0 Å². The quantitative estimate of drug-likeness (QED) is 0.661. The van der Waals surface area contributed by atoms with E-state index in [2.05, 4.69) is 0 Å². The predicted molar refractivity (Wildman–Crippen MR) is 50.1 cm³/mol. The summed E-state index contributed by atoms with van der Waals surface area (Å²) in [5.74, 6) is -0.662. The van der Waals surface area contributed by atoms with Gasteiger partial charge in [0.25, 0.3) is 5.56 Å². The maximum absolute atomic E-state index is 12.8. The number of pyridine rings is 1. The van der Waals surface area contributed by atoms with E-state index in [9.17, 15) is 9.18 Å². The summed E-state index contributed by atoms with van der Waals surface area (Å²) >= 11 is 0. The Morgan fingerprint density at radius 2 is 2.00 bits per heavy atom. The molecule has 1 rings (SSSR count). The highest BCUT2D eigenvalue weighted by Gasteiger charge is 2.16. The van der Waals surface area contributed by atoms with Crippen molar-refractivity contribution in [3.63, 3.8) is 0 Å². The van der Waals surface area contributed by atoms with E-state index in [1.807, 2.05) is 20.8 Å². The summed E-state index contributed by atoms with van der Waals surface area (Å²) in [4.78, 5) is 11.4. The van der Waals surface area contributed by atoms with Crippen molar-refractivity contribution in [2.24, 2.45) is 0 Å². The van der Waals surface area contributed by atoms with Crippen molar-refractivity contribution in [2.75, 3.05) is 5.73 Å². The second kappa shape index (κ2) is 2.87. The van der Waals surface area contributed by atoms with Gasteiger partial charge in [0.2, 0.25) is 0 Å². The molecule has 0 saturated heterocycles. The van der Waals surface area contributed by atoms with Crippen LogP contribution in [-0.4, -0.2) is 4.57 Å². The van der Waals surface area contributed by atoms with Crippen molar-refractivity contribution in [1.82, 2.24) is 4.57 Å². The molecule has 1 aromatic heterocycles. The first-order valence-corrected chi connectivity index (χ1v) is 4.01. The Morgan fingerprint density at radius 3 is 2.46 bits per heavy atom. The van der Waals surface area contributed by atoms with Gasteiger partial charge in [0.1, 0.15) is 5.69 Å². The highest BCUT2D eigenvalue weighted by atomic mass is 19.1. The van der Waals surface area contributed by atoms with E-state index in [1.54, 1.807) is 0 Å². The fraction of sp³-hybridized carbons (Fsp3) is 0.444. The number of hydrogen-bond donors (Lipinski definition) is 1. The highest BCUT2D eigenvalue weighted by Crippen LogP contribution is 2.12. The monoisotopic (exact) mass is 184 g/mol. The molecule has 0 unspecified atom stereocenters. The molecule has 0 radical (unpaired) electrons. The van der Waals surface area contributed by atoms with Crippen LogP contribution in [0.1, 0.15) is 20.8 Å². The minimum absolute atomic E-state index is 0.322. The Hall–Kier alpha value is -1.32. The lowest BCUT2D eigenvalue weighted by molar-refractivity contribution is 0.382. The molecule has 1 aromatic rings. The lowest BCUT2D eigenvalue weighted by Gasteiger charge is -2.22. The van der Waals surface area contributed by atoms with Gasteiger partial charge in [-0.3, -0.25) is 4.79 Å². The smallest absolute Gasteiger partial charge is 0.277 e. The maximum atomic E-state index is 12.8. The second-order valence-electron chi connectivity index (χ2n) is 3.92. The molecule has 1 heterocycles. The zero-order chi connectivity index (χ0) is 10.2. The number of hydrogen-bond acceptors (Lipinski definition) is 2. The Balaban J connectivity index is 3.44. The van der Waals surface area contributed by atoms with Crippen molar-refractivity contribution in [3.8, 4) is 0 Å². The normalized spacial score (nSPS) is 11.7. The number of nitrogens with zero attached hydrogens (tertiary/aromatic N) is 1. The lowest BCUT2D eigenvalue weighted by atomic mass is 10.1. The van der Waals surface area contributed by atoms with Gasteiger partial charge in [-0.2, -0.15) is 0 Å². The first kappa shape index (κ1) is 9.77. The van der Waals surface area contributed by atoms with Crippen molar-refractivity contribution in [1.29, 1.82) is 0 Å². The van der Waals surface area contributed by atoms with E-state index >= 15 is 0 Å². The first-order valence-electron chi connectivity index (χ1n) is 4.01. The summed E-state index contributed by atoms with van der Waals surface area (Å²) in [5.41, 5.74) is 4.09. The Kier molecular flexibility index (Phi) is 2.15. The zero-order valence-corrected chi connectivity index (χ0v) is 7.97. The van der Waals surface area contributed by atoms with Gasteiger partial charge in [-0.1, -0.05) is 0 Å². The molecule has 13 heavy (non-hydrogen) atoms. The van der Waals surface area contributed by atoms with Crippen LogP contribution in [0.25, 0.3) is 0 Å². The number of rotatable bonds is 0. The minimum Gasteiger partial charge on any atom is -0.392 e. The standard InChI is InChI=1S/C9H13FN2O/c1-9(2,3)12-5-4-6(10)7(11)8(12)13/h4-5H,11H2,1-3H3. The third-order valence-corrected chi connectivity index (χ3v) is 1.80. The van der Waals surface area contributed by atoms with Crippen LogP contribution in [0, 0.1) is 5.82 Å². The van der Waals surface area contributed by atoms with Gasteiger partial charge in [0, 0.05) is 11.7 Å². The molecule has 0 aromatic carbocycles. The van der Waals surface area contributed by atoms with Crippen LogP contribution >= 0.6 is 0 Å². The number of halogens is 1. The van der Waals surface area contributed by atoms with Crippen LogP contribution in [0.3, 0.4) is 0 Å². The van der Waals surface area contributed by atoms with Crippen molar-refractivity contribution in [2.45, 2.75) is 26.3 Å². The molecule has 0 bridgehead atoms. The molecule has 0 spiro atoms. The summed E-state index contributed by atoms with van der Waals surface area (Å²) in [6.45, 7) is 5.56. The molecule has 0 atom stereocenters. The van der Waals surface area contributed by atoms with E-state index in [0.717, 1.165) is 0 Å².